The Bertz CT molecular complexity index is 607. The largest absolute Gasteiger partial charge is 0.324 e. The van der Waals surface area contributed by atoms with Crippen LogP contribution in [0.15, 0.2) is 30.3 Å². The highest BCUT2D eigenvalue weighted by Gasteiger charge is 2.23. The summed E-state index contributed by atoms with van der Waals surface area (Å²) in [7, 11) is 0. The maximum absolute atomic E-state index is 10.8. The van der Waals surface area contributed by atoms with Gasteiger partial charge < -0.3 is 5.73 Å². The van der Waals surface area contributed by atoms with Gasteiger partial charge in [0.2, 0.25) is 0 Å². The van der Waals surface area contributed by atoms with Crippen LogP contribution in [-0.4, -0.2) is 4.92 Å². The molecule has 0 heterocycles. The van der Waals surface area contributed by atoms with Crippen LogP contribution in [0.25, 0.3) is 10.8 Å². The molecule has 0 saturated carbocycles. The second-order valence-corrected chi connectivity index (χ2v) is 4.12. The van der Waals surface area contributed by atoms with Gasteiger partial charge in [-0.25, -0.2) is 0 Å². The van der Waals surface area contributed by atoms with Gasteiger partial charge in [-0.15, -0.1) is 0 Å². The lowest BCUT2D eigenvalue weighted by atomic mass is 10.0. The zero-order valence-corrected chi connectivity index (χ0v) is 8.51. The monoisotopic (exact) mass is 214 g/mol. The van der Waals surface area contributed by atoms with Crippen molar-refractivity contribution < 1.29 is 4.92 Å². The normalized spacial score (nSPS) is 17.9. The quantitative estimate of drug-likeness (QED) is 0.585. The van der Waals surface area contributed by atoms with Gasteiger partial charge in [0.05, 0.1) is 4.92 Å². The Balaban J connectivity index is 2.39. The number of hydrogen-bond acceptors (Lipinski definition) is 3. The molecular formula is C12H10N2O2. The van der Waals surface area contributed by atoms with Gasteiger partial charge in [0.25, 0.3) is 5.69 Å². The molecule has 4 heteroatoms. The summed E-state index contributed by atoms with van der Waals surface area (Å²) in [6, 6.07) is 9.01. The molecule has 0 aliphatic heterocycles. The molecule has 3 rings (SSSR count). The lowest BCUT2D eigenvalue weighted by molar-refractivity contribution is -0.384. The number of nitrogens with two attached hydrogens (primary N) is 1. The standard InChI is InChI=1S/C12H10N2O2/c13-11-6-8-5-9(14(15)16)4-7-2-1-3-10(11)12(7)8/h1-5,11H,6,13H2. The van der Waals surface area contributed by atoms with Gasteiger partial charge in [0.1, 0.15) is 0 Å². The number of hydrogen-bond donors (Lipinski definition) is 1. The molecule has 1 aliphatic carbocycles. The maximum atomic E-state index is 10.8. The molecule has 0 spiro atoms. The summed E-state index contributed by atoms with van der Waals surface area (Å²) >= 11 is 0. The summed E-state index contributed by atoms with van der Waals surface area (Å²) in [6.07, 6.45) is 0.692. The topological polar surface area (TPSA) is 69.2 Å². The molecule has 0 amide bonds. The molecule has 2 aromatic rings. The van der Waals surface area contributed by atoms with Gasteiger partial charge in [-0.3, -0.25) is 10.1 Å². The van der Waals surface area contributed by atoms with Crippen LogP contribution in [0.3, 0.4) is 0 Å². The molecule has 1 aliphatic rings. The fourth-order valence-corrected chi connectivity index (χ4v) is 2.45. The summed E-state index contributed by atoms with van der Waals surface area (Å²) in [4.78, 5) is 10.4. The minimum atomic E-state index is -0.355. The minimum absolute atomic E-state index is 0.0271. The number of nitro benzene ring substituents is 1. The van der Waals surface area contributed by atoms with Crippen molar-refractivity contribution in [3.05, 3.63) is 51.6 Å². The van der Waals surface area contributed by atoms with Crippen LogP contribution in [0.1, 0.15) is 17.2 Å². The van der Waals surface area contributed by atoms with E-state index in [1.54, 1.807) is 12.1 Å². The lowest BCUT2D eigenvalue weighted by Gasteiger charge is -2.03. The van der Waals surface area contributed by atoms with E-state index in [1.165, 1.54) is 0 Å². The summed E-state index contributed by atoms with van der Waals surface area (Å²) in [5.41, 5.74) is 8.24. The van der Waals surface area contributed by atoms with E-state index in [2.05, 4.69) is 0 Å². The van der Waals surface area contributed by atoms with Gasteiger partial charge in [0.15, 0.2) is 0 Å². The first-order chi connectivity index (χ1) is 7.66. The number of nitrogens with zero attached hydrogens (tertiary/aromatic N) is 1. The van der Waals surface area contributed by atoms with E-state index in [1.807, 2.05) is 18.2 Å². The summed E-state index contributed by atoms with van der Waals surface area (Å²) < 4.78 is 0. The third-order valence-corrected chi connectivity index (χ3v) is 3.13. The highest BCUT2D eigenvalue weighted by molar-refractivity contribution is 5.93. The molecule has 0 radical (unpaired) electrons. The Morgan fingerprint density at radius 1 is 1.38 bits per heavy atom. The fraction of sp³-hybridized carbons (Fsp3) is 0.167. The van der Waals surface area contributed by atoms with E-state index in [0.717, 1.165) is 21.9 Å². The Labute approximate surface area is 91.8 Å². The first-order valence-corrected chi connectivity index (χ1v) is 5.12. The summed E-state index contributed by atoms with van der Waals surface area (Å²) in [5, 5.41) is 12.8. The Morgan fingerprint density at radius 2 is 2.19 bits per heavy atom. The van der Waals surface area contributed by atoms with Crippen LogP contribution >= 0.6 is 0 Å². The van der Waals surface area contributed by atoms with Gasteiger partial charge >= 0.3 is 0 Å². The molecule has 0 bridgehead atoms. The average molecular weight is 214 g/mol. The SMILES string of the molecule is NC1Cc2cc([N+](=O)[O-])cc3cccc1c23. The van der Waals surface area contributed by atoms with Crippen molar-refractivity contribution >= 4 is 16.5 Å². The van der Waals surface area contributed by atoms with E-state index in [4.69, 9.17) is 5.73 Å². The molecule has 2 N–H and O–H groups in total. The van der Waals surface area contributed by atoms with Crippen LogP contribution in [0.2, 0.25) is 0 Å². The first-order valence-electron chi connectivity index (χ1n) is 5.12. The predicted octanol–water partition coefficient (Wildman–Crippen LogP) is 2.30. The third kappa shape index (κ3) is 1.13. The molecule has 0 fully saturated rings. The van der Waals surface area contributed by atoms with E-state index < -0.39 is 0 Å². The van der Waals surface area contributed by atoms with E-state index in [0.29, 0.717) is 6.42 Å². The third-order valence-electron chi connectivity index (χ3n) is 3.13. The van der Waals surface area contributed by atoms with Crippen LogP contribution in [0.5, 0.6) is 0 Å². The minimum Gasteiger partial charge on any atom is -0.324 e. The summed E-state index contributed by atoms with van der Waals surface area (Å²) in [5.74, 6) is 0. The van der Waals surface area contributed by atoms with Crippen molar-refractivity contribution in [2.75, 3.05) is 0 Å². The van der Waals surface area contributed by atoms with Crippen molar-refractivity contribution in [2.45, 2.75) is 12.5 Å². The molecule has 1 unspecified atom stereocenters. The fourth-order valence-electron chi connectivity index (χ4n) is 2.45. The molecule has 1 atom stereocenters. The molecule has 0 aromatic heterocycles. The predicted molar refractivity (Wildman–Crippen MR) is 61.2 cm³/mol. The van der Waals surface area contributed by atoms with Crippen molar-refractivity contribution in [2.24, 2.45) is 5.73 Å². The highest BCUT2D eigenvalue weighted by Crippen LogP contribution is 2.37. The van der Waals surface area contributed by atoms with Crippen molar-refractivity contribution in [3.63, 3.8) is 0 Å². The van der Waals surface area contributed by atoms with Gasteiger partial charge in [-0.2, -0.15) is 0 Å². The van der Waals surface area contributed by atoms with Gasteiger partial charge in [-0.1, -0.05) is 18.2 Å². The second-order valence-electron chi connectivity index (χ2n) is 4.12. The molecule has 16 heavy (non-hydrogen) atoms. The Morgan fingerprint density at radius 3 is 2.94 bits per heavy atom. The number of rotatable bonds is 1. The zero-order valence-electron chi connectivity index (χ0n) is 8.51. The first kappa shape index (κ1) is 9.30. The second kappa shape index (κ2) is 3.02. The van der Waals surface area contributed by atoms with Crippen LogP contribution < -0.4 is 5.73 Å². The molecule has 4 nitrogen and oxygen atoms in total. The van der Waals surface area contributed by atoms with Crippen LogP contribution in [-0.2, 0) is 6.42 Å². The van der Waals surface area contributed by atoms with E-state index in [9.17, 15) is 10.1 Å². The van der Waals surface area contributed by atoms with Gasteiger partial charge in [-0.05, 0) is 28.3 Å². The maximum Gasteiger partial charge on any atom is 0.270 e. The number of nitro groups is 1. The molecule has 0 saturated heterocycles. The van der Waals surface area contributed by atoms with Crippen molar-refractivity contribution in [1.82, 2.24) is 0 Å². The van der Waals surface area contributed by atoms with Crippen LogP contribution in [0.4, 0.5) is 5.69 Å². The Kier molecular flexibility index (Phi) is 1.76. The smallest absolute Gasteiger partial charge is 0.270 e. The molecule has 2 aromatic carbocycles. The number of non-ortho nitro benzene ring substituents is 1. The van der Waals surface area contributed by atoms with E-state index in [-0.39, 0.29) is 16.7 Å². The molecular weight excluding hydrogens is 204 g/mol. The summed E-state index contributed by atoms with van der Waals surface area (Å²) in [6.45, 7) is 0. The van der Waals surface area contributed by atoms with E-state index >= 15 is 0 Å². The Hall–Kier alpha value is -1.94. The lowest BCUT2D eigenvalue weighted by Crippen LogP contribution is -2.07. The zero-order chi connectivity index (χ0) is 11.3. The van der Waals surface area contributed by atoms with Gasteiger partial charge in [0, 0.05) is 18.2 Å². The number of benzene rings is 2. The van der Waals surface area contributed by atoms with Crippen molar-refractivity contribution in [3.8, 4) is 0 Å². The molecule has 80 valence electrons. The highest BCUT2D eigenvalue weighted by atomic mass is 16.6. The van der Waals surface area contributed by atoms with Crippen LogP contribution in [0, 0.1) is 10.1 Å². The average Bonchev–Trinajstić information content (AvgIpc) is 2.58. The van der Waals surface area contributed by atoms with Crippen molar-refractivity contribution in [1.29, 1.82) is 0 Å².